The van der Waals surface area contributed by atoms with E-state index in [0.29, 0.717) is 5.75 Å². The number of hydrogen-bond acceptors (Lipinski definition) is 4. The van der Waals surface area contributed by atoms with Gasteiger partial charge in [-0.25, -0.2) is 10.2 Å². The van der Waals surface area contributed by atoms with Crippen LogP contribution in [0.3, 0.4) is 0 Å². The third-order valence-electron chi connectivity index (χ3n) is 1.67. The molecule has 3 N–H and O–H groups in total. The number of nitrogens with one attached hydrogen (secondary N) is 1. The third-order valence-corrected chi connectivity index (χ3v) is 2.54. The zero-order valence-electron chi connectivity index (χ0n) is 8.84. The first-order valence-corrected chi connectivity index (χ1v) is 5.55. The van der Waals surface area contributed by atoms with Crippen molar-refractivity contribution in [3.63, 3.8) is 0 Å². The molecule has 1 amide bonds. The van der Waals surface area contributed by atoms with Gasteiger partial charge in [-0.1, -0.05) is 42.1 Å². The molecular weight excluding hydrogens is 226 g/mol. The Morgan fingerprint density at radius 3 is 2.81 bits per heavy atom. The number of carbonyl (C=O) groups is 1. The van der Waals surface area contributed by atoms with E-state index in [1.54, 1.807) is 0 Å². The standard InChI is InChI=1S/C10H13N3O2S/c1-15-10(14)13-12-9(11)16-7-8-5-3-2-4-6-8/h2-6H,7H2,1H3,(H2,11,12)(H,13,14). The van der Waals surface area contributed by atoms with Crippen LogP contribution in [0.1, 0.15) is 5.56 Å². The monoisotopic (exact) mass is 239 g/mol. The minimum absolute atomic E-state index is 0.286. The second-order valence-corrected chi connectivity index (χ2v) is 3.82. The highest BCUT2D eigenvalue weighted by molar-refractivity contribution is 8.13. The molecule has 0 radical (unpaired) electrons. The lowest BCUT2D eigenvalue weighted by atomic mass is 10.2. The van der Waals surface area contributed by atoms with Gasteiger partial charge in [-0.3, -0.25) is 0 Å². The van der Waals surface area contributed by atoms with Gasteiger partial charge in [-0.2, -0.15) is 0 Å². The second kappa shape index (κ2) is 6.73. The molecule has 0 saturated heterocycles. The molecule has 0 saturated carbocycles. The normalized spacial score (nSPS) is 10.9. The van der Waals surface area contributed by atoms with Gasteiger partial charge < -0.3 is 10.5 Å². The molecular formula is C10H13N3O2S. The number of hydrogen-bond donors (Lipinski definition) is 2. The van der Waals surface area contributed by atoms with Crippen LogP contribution < -0.4 is 11.2 Å². The van der Waals surface area contributed by atoms with Gasteiger partial charge in [0.25, 0.3) is 0 Å². The quantitative estimate of drug-likeness (QED) is 0.476. The fourth-order valence-electron chi connectivity index (χ4n) is 0.910. The van der Waals surface area contributed by atoms with Crippen LogP contribution >= 0.6 is 11.8 Å². The van der Waals surface area contributed by atoms with E-state index in [4.69, 9.17) is 5.73 Å². The van der Waals surface area contributed by atoms with E-state index in [2.05, 4.69) is 15.3 Å². The highest BCUT2D eigenvalue weighted by atomic mass is 32.2. The Balaban J connectivity index is 2.35. The number of amides is 1. The molecule has 0 heterocycles. The average molecular weight is 239 g/mol. The van der Waals surface area contributed by atoms with E-state index in [1.165, 1.54) is 18.9 Å². The van der Waals surface area contributed by atoms with Crippen LogP contribution in [0.4, 0.5) is 4.79 Å². The van der Waals surface area contributed by atoms with E-state index in [-0.39, 0.29) is 5.17 Å². The van der Waals surface area contributed by atoms with Crippen LogP contribution in [0, 0.1) is 0 Å². The SMILES string of the molecule is COC(=O)N/N=C(\N)SCc1ccccc1. The van der Waals surface area contributed by atoms with Gasteiger partial charge in [0.2, 0.25) is 0 Å². The average Bonchev–Trinajstić information content (AvgIpc) is 2.34. The van der Waals surface area contributed by atoms with Crippen LogP contribution in [0.2, 0.25) is 0 Å². The smallest absolute Gasteiger partial charge is 0.427 e. The number of nitrogens with two attached hydrogens (primary N) is 1. The van der Waals surface area contributed by atoms with Gasteiger partial charge in [-0.05, 0) is 5.56 Å². The number of nitrogens with zero attached hydrogens (tertiary/aromatic N) is 1. The van der Waals surface area contributed by atoms with E-state index < -0.39 is 6.09 Å². The molecule has 0 aliphatic rings. The molecule has 0 bridgehead atoms. The zero-order valence-corrected chi connectivity index (χ0v) is 9.66. The number of hydrazone groups is 1. The number of benzene rings is 1. The minimum atomic E-state index is -0.636. The number of rotatable bonds is 3. The number of carbonyl (C=O) groups excluding carboxylic acids is 1. The van der Waals surface area contributed by atoms with Crippen molar-refractivity contribution in [2.24, 2.45) is 10.8 Å². The first kappa shape index (κ1) is 12.4. The fourth-order valence-corrected chi connectivity index (χ4v) is 1.53. The Labute approximate surface area is 98.0 Å². The van der Waals surface area contributed by atoms with Crippen LogP contribution in [0.15, 0.2) is 35.4 Å². The summed E-state index contributed by atoms with van der Waals surface area (Å²) in [6, 6.07) is 9.85. The first-order chi connectivity index (χ1) is 7.72. The Morgan fingerprint density at radius 2 is 2.19 bits per heavy atom. The molecule has 0 aliphatic heterocycles. The van der Waals surface area contributed by atoms with Crippen molar-refractivity contribution in [2.45, 2.75) is 5.75 Å². The van der Waals surface area contributed by atoms with Gasteiger partial charge in [0.05, 0.1) is 7.11 Å². The van der Waals surface area contributed by atoms with Crippen molar-refractivity contribution < 1.29 is 9.53 Å². The van der Waals surface area contributed by atoms with E-state index in [0.717, 1.165) is 5.56 Å². The molecule has 1 aromatic rings. The van der Waals surface area contributed by atoms with Crippen LogP contribution in [-0.4, -0.2) is 18.4 Å². The predicted molar refractivity (Wildman–Crippen MR) is 64.9 cm³/mol. The lowest BCUT2D eigenvalue weighted by Crippen LogP contribution is -2.21. The van der Waals surface area contributed by atoms with Crippen LogP contribution in [0.25, 0.3) is 0 Å². The van der Waals surface area contributed by atoms with Gasteiger partial charge >= 0.3 is 6.09 Å². The molecule has 0 fully saturated rings. The Hall–Kier alpha value is -1.69. The van der Waals surface area contributed by atoms with E-state index in [9.17, 15) is 4.79 Å². The number of amidine groups is 1. The second-order valence-electron chi connectivity index (χ2n) is 2.83. The number of methoxy groups -OCH3 is 1. The summed E-state index contributed by atoms with van der Waals surface area (Å²) in [6.07, 6.45) is -0.636. The number of thioether (sulfide) groups is 1. The summed E-state index contributed by atoms with van der Waals surface area (Å²) in [7, 11) is 1.26. The Bertz CT molecular complexity index is 368. The summed E-state index contributed by atoms with van der Waals surface area (Å²) >= 11 is 1.34. The summed E-state index contributed by atoms with van der Waals surface area (Å²) in [5.74, 6) is 0.707. The molecule has 6 heteroatoms. The molecule has 0 unspecified atom stereocenters. The largest absolute Gasteiger partial charge is 0.452 e. The minimum Gasteiger partial charge on any atom is -0.452 e. The summed E-state index contributed by atoms with van der Waals surface area (Å²) in [4.78, 5) is 10.7. The van der Waals surface area contributed by atoms with Crippen molar-refractivity contribution in [1.82, 2.24) is 5.43 Å². The predicted octanol–water partition coefficient (Wildman–Crippen LogP) is 1.51. The van der Waals surface area contributed by atoms with Crippen LogP contribution in [0.5, 0.6) is 0 Å². The van der Waals surface area contributed by atoms with Gasteiger partial charge in [0.1, 0.15) is 0 Å². The maximum absolute atomic E-state index is 10.7. The summed E-state index contributed by atoms with van der Waals surface area (Å²) in [6.45, 7) is 0. The topological polar surface area (TPSA) is 76.7 Å². The maximum Gasteiger partial charge on any atom is 0.427 e. The maximum atomic E-state index is 10.7. The van der Waals surface area contributed by atoms with Gasteiger partial charge in [-0.15, -0.1) is 5.10 Å². The lowest BCUT2D eigenvalue weighted by molar-refractivity contribution is 0.171. The molecule has 0 aromatic heterocycles. The van der Waals surface area contributed by atoms with Gasteiger partial charge in [0, 0.05) is 5.75 Å². The number of ether oxygens (including phenoxy) is 1. The highest BCUT2D eigenvalue weighted by Gasteiger charge is 1.98. The third kappa shape index (κ3) is 4.70. The highest BCUT2D eigenvalue weighted by Crippen LogP contribution is 2.10. The molecule has 86 valence electrons. The van der Waals surface area contributed by atoms with Gasteiger partial charge in [0.15, 0.2) is 5.17 Å². The molecule has 0 atom stereocenters. The van der Waals surface area contributed by atoms with Crippen molar-refractivity contribution >= 4 is 23.0 Å². The molecule has 5 nitrogen and oxygen atoms in total. The summed E-state index contributed by atoms with van der Waals surface area (Å²) in [5, 5.41) is 3.93. The van der Waals surface area contributed by atoms with E-state index >= 15 is 0 Å². The molecule has 16 heavy (non-hydrogen) atoms. The Kier molecular flexibility index (Phi) is 5.21. The summed E-state index contributed by atoms with van der Waals surface area (Å²) in [5.41, 5.74) is 8.86. The van der Waals surface area contributed by atoms with Crippen LogP contribution in [-0.2, 0) is 10.5 Å². The van der Waals surface area contributed by atoms with Crippen molar-refractivity contribution in [3.8, 4) is 0 Å². The molecule has 1 aromatic carbocycles. The fraction of sp³-hybridized carbons (Fsp3) is 0.200. The van der Waals surface area contributed by atoms with E-state index in [1.807, 2.05) is 30.3 Å². The van der Waals surface area contributed by atoms with Crippen molar-refractivity contribution in [2.75, 3.05) is 7.11 Å². The lowest BCUT2D eigenvalue weighted by Gasteiger charge is -2.01. The first-order valence-electron chi connectivity index (χ1n) is 4.56. The molecule has 0 aliphatic carbocycles. The molecule has 1 rings (SSSR count). The zero-order chi connectivity index (χ0) is 11.8. The summed E-state index contributed by atoms with van der Waals surface area (Å²) < 4.78 is 4.34. The van der Waals surface area contributed by atoms with Crippen molar-refractivity contribution in [1.29, 1.82) is 0 Å². The molecule has 0 spiro atoms. The Morgan fingerprint density at radius 1 is 1.50 bits per heavy atom. The van der Waals surface area contributed by atoms with Crippen molar-refractivity contribution in [3.05, 3.63) is 35.9 Å².